The third-order valence-electron chi connectivity index (χ3n) is 7.10. The van der Waals surface area contributed by atoms with Crippen molar-refractivity contribution in [1.29, 1.82) is 0 Å². The Labute approximate surface area is 201 Å². The Hall–Kier alpha value is -2.58. The van der Waals surface area contributed by atoms with Crippen molar-refractivity contribution < 1.29 is 5.11 Å². The molecule has 0 bridgehead atoms. The molecule has 1 aromatic carbocycles. The van der Waals surface area contributed by atoms with E-state index in [2.05, 4.69) is 58.3 Å². The Balaban J connectivity index is 1.70. The van der Waals surface area contributed by atoms with Crippen molar-refractivity contribution in [3.05, 3.63) is 51.6 Å². The number of fused-ring (bicyclic) bond motifs is 1. The van der Waals surface area contributed by atoms with Crippen LogP contribution in [0.15, 0.2) is 29.1 Å². The first-order chi connectivity index (χ1) is 16.5. The van der Waals surface area contributed by atoms with Crippen LogP contribution in [0.25, 0.3) is 10.9 Å². The highest BCUT2D eigenvalue weighted by molar-refractivity contribution is 5.79. The van der Waals surface area contributed by atoms with Gasteiger partial charge >= 0.3 is 0 Å². The zero-order chi connectivity index (χ0) is 24.1. The van der Waals surface area contributed by atoms with Crippen molar-refractivity contribution in [1.82, 2.24) is 30.1 Å². The van der Waals surface area contributed by atoms with Gasteiger partial charge in [-0.2, -0.15) is 0 Å². The van der Waals surface area contributed by atoms with Crippen LogP contribution in [0.2, 0.25) is 0 Å². The molecule has 2 N–H and O–H groups in total. The molecule has 1 atom stereocenters. The van der Waals surface area contributed by atoms with Crippen LogP contribution in [0, 0.1) is 5.92 Å². The molecule has 2 heterocycles. The Morgan fingerprint density at radius 2 is 2.00 bits per heavy atom. The standard InChI is InChI=1S/C26H38N6O2/c1-4-19-11-12-23-20(15-19)16-21(26(34)27-23)17-31(13-8-14-33)24(18(2)3)25-28-29-30-32(25)22-9-6-5-7-10-22/h11-12,15-16,18,22,24,33H,4-10,13-14,17H2,1-3H3,(H,27,34)/t24-/m0/s1. The molecule has 1 saturated carbocycles. The van der Waals surface area contributed by atoms with E-state index < -0.39 is 0 Å². The van der Waals surface area contributed by atoms with Crippen LogP contribution in [-0.4, -0.2) is 48.3 Å². The summed E-state index contributed by atoms with van der Waals surface area (Å²) in [6.45, 7) is 7.71. The molecular weight excluding hydrogens is 428 g/mol. The fourth-order valence-electron chi connectivity index (χ4n) is 5.31. The van der Waals surface area contributed by atoms with Crippen molar-refractivity contribution in [3.8, 4) is 0 Å². The van der Waals surface area contributed by atoms with E-state index in [4.69, 9.17) is 0 Å². The second kappa shape index (κ2) is 11.2. The first kappa shape index (κ1) is 24.5. The van der Waals surface area contributed by atoms with E-state index in [9.17, 15) is 9.90 Å². The van der Waals surface area contributed by atoms with E-state index in [1.165, 1.54) is 24.8 Å². The predicted octanol–water partition coefficient (Wildman–Crippen LogP) is 4.16. The Kier molecular flexibility index (Phi) is 8.11. The molecule has 8 nitrogen and oxygen atoms in total. The lowest BCUT2D eigenvalue weighted by molar-refractivity contribution is 0.118. The lowest BCUT2D eigenvalue weighted by atomic mass is 9.94. The summed E-state index contributed by atoms with van der Waals surface area (Å²) >= 11 is 0. The molecule has 0 spiro atoms. The summed E-state index contributed by atoms with van der Waals surface area (Å²) < 4.78 is 2.04. The van der Waals surface area contributed by atoms with Crippen LogP contribution in [0.5, 0.6) is 0 Å². The quantitative estimate of drug-likeness (QED) is 0.465. The van der Waals surface area contributed by atoms with Gasteiger partial charge in [-0.1, -0.05) is 46.1 Å². The van der Waals surface area contributed by atoms with Crippen molar-refractivity contribution in [2.75, 3.05) is 13.2 Å². The molecule has 0 amide bonds. The number of benzene rings is 1. The number of nitrogens with zero attached hydrogens (tertiary/aromatic N) is 5. The molecule has 1 aliphatic carbocycles. The monoisotopic (exact) mass is 466 g/mol. The van der Waals surface area contributed by atoms with Gasteiger partial charge < -0.3 is 10.1 Å². The summed E-state index contributed by atoms with van der Waals surface area (Å²) in [7, 11) is 0. The summed E-state index contributed by atoms with van der Waals surface area (Å²) in [5.41, 5.74) is 2.75. The number of hydrogen-bond donors (Lipinski definition) is 2. The number of aromatic amines is 1. The van der Waals surface area contributed by atoms with Crippen molar-refractivity contribution in [3.63, 3.8) is 0 Å². The van der Waals surface area contributed by atoms with Crippen LogP contribution in [0.3, 0.4) is 0 Å². The molecule has 0 unspecified atom stereocenters. The average Bonchev–Trinajstić information content (AvgIpc) is 3.32. The molecule has 184 valence electrons. The van der Waals surface area contributed by atoms with Gasteiger partial charge in [-0.15, -0.1) is 5.10 Å². The minimum Gasteiger partial charge on any atom is -0.396 e. The molecule has 4 rings (SSSR count). The van der Waals surface area contributed by atoms with Crippen molar-refractivity contribution in [2.45, 2.75) is 84.3 Å². The zero-order valence-corrected chi connectivity index (χ0v) is 20.7. The summed E-state index contributed by atoms with van der Waals surface area (Å²) in [5, 5.41) is 23.6. The molecule has 0 radical (unpaired) electrons. The fraction of sp³-hybridized carbons (Fsp3) is 0.615. The van der Waals surface area contributed by atoms with Gasteiger partial charge in [0.05, 0.1) is 12.1 Å². The summed E-state index contributed by atoms with van der Waals surface area (Å²) in [6, 6.07) is 8.48. The molecule has 34 heavy (non-hydrogen) atoms. The predicted molar refractivity (Wildman–Crippen MR) is 134 cm³/mol. The van der Waals surface area contributed by atoms with Crippen molar-refractivity contribution in [2.24, 2.45) is 5.92 Å². The van der Waals surface area contributed by atoms with Gasteiger partial charge in [0.2, 0.25) is 0 Å². The van der Waals surface area contributed by atoms with Gasteiger partial charge in [0.15, 0.2) is 5.82 Å². The second-order valence-corrected chi connectivity index (χ2v) is 9.91. The second-order valence-electron chi connectivity index (χ2n) is 9.91. The maximum Gasteiger partial charge on any atom is 0.252 e. The van der Waals surface area contributed by atoms with E-state index in [0.717, 1.165) is 41.6 Å². The number of aliphatic hydroxyl groups excluding tert-OH is 1. The van der Waals surface area contributed by atoms with Crippen molar-refractivity contribution >= 4 is 10.9 Å². The Bertz CT molecular complexity index is 1130. The SMILES string of the molecule is CCc1ccc2[nH]c(=O)c(CN(CCCO)[C@H](c3nnnn3C3CCCCC3)C(C)C)cc2c1. The number of rotatable bonds is 10. The largest absolute Gasteiger partial charge is 0.396 e. The van der Waals surface area contributed by atoms with Gasteiger partial charge in [-0.05, 0) is 71.2 Å². The van der Waals surface area contributed by atoms with Crippen LogP contribution in [0.4, 0.5) is 0 Å². The maximum atomic E-state index is 13.0. The van der Waals surface area contributed by atoms with E-state index in [-0.39, 0.29) is 24.1 Å². The number of pyridine rings is 1. The van der Waals surface area contributed by atoms with Crippen LogP contribution >= 0.6 is 0 Å². The highest BCUT2D eigenvalue weighted by Gasteiger charge is 2.32. The van der Waals surface area contributed by atoms with Crippen LogP contribution < -0.4 is 5.56 Å². The fourth-order valence-corrected chi connectivity index (χ4v) is 5.31. The van der Waals surface area contributed by atoms with E-state index in [1.807, 2.05) is 16.8 Å². The normalized spacial score (nSPS) is 16.1. The third kappa shape index (κ3) is 5.39. The van der Waals surface area contributed by atoms with Gasteiger partial charge in [-0.3, -0.25) is 9.69 Å². The minimum atomic E-state index is -0.0693. The van der Waals surface area contributed by atoms with E-state index in [0.29, 0.717) is 25.6 Å². The highest BCUT2D eigenvalue weighted by atomic mass is 16.3. The number of aliphatic hydroxyl groups is 1. The first-order valence-corrected chi connectivity index (χ1v) is 12.8. The molecule has 1 fully saturated rings. The lowest BCUT2D eigenvalue weighted by Gasteiger charge is -2.34. The maximum absolute atomic E-state index is 13.0. The molecule has 8 heteroatoms. The number of aryl methyl sites for hydroxylation is 1. The summed E-state index contributed by atoms with van der Waals surface area (Å²) in [6.07, 6.45) is 7.46. The van der Waals surface area contributed by atoms with E-state index >= 15 is 0 Å². The lowest BCUT2D eigenvalue weighted by Crippen LogP contribution is -2.37. The molecule has 3 aromatic rings. The molecule has 1 aliphatic rings. The van der Waals surface area contributed by atoms with Gasteiger partial charge in [0.25, 0.3) is 5.56 Å². The highest BCUT2D eigenvalue weighted by Crippen LogP contribution is 2.34. The number of H-pyrrole nitrogens is 1. The van der Waals surface area contributed by atoms with Gasteiger partial charge in [0.1, 0.15) is 0 Å². The smallest absolute Gasteiger partial charge is 0.252 e. The number of aromatic nitrogens is 5. The van der Waals surface area contributed by atoms with Gasteiger partial charge in [0, 0.05) is 30.8 Å². The van der Waals surface area contributed by atoms with Crippen LogP contribution in [-0.2, 0) is 13.0 Å². The van der Waals surface area contributed by atoms with Gasteiger partial charge in [-0.25, -0.2) is 4.68 Å². The molecule has 0 saturated heterocycles. The summed E-state index contributed by atoms with van der Waals surface area (Å²) in [5.74, 6) is 1.10. The summed E-state index contributed by atoms with van der Waals surface area (Å²) in [4.78, 5) is 18.3. The number of tetrazole rings is 1. The topological polar surface area (TPSA) is 99.9 Å². The third-order valence-corrected chi connectivity index (χ3v) is 7.10. The number of hydrogen-bond acceptors (Lipinski definition) is 6. The molecule has 2 aromatic heterocycles. The average molecular weight is 467 g/mol. The first-order valence-electron chi connectivity index (χ1n) is 12.8. The zero-order valence-electron chi connectivity index (χ0n) is 20.7. The molecular formula is C26H38N6O2. The van der Waals surface area contributed by atoms with Crippen LogP contribution in [0.1, 0.15) is 88.3 Å². The number of nitrogens with one attached hydrogen (secondary N) is 1. The Morgan fingerprint density at radius 1 is 1.21 bits per heavy atom. The Morgan fingerprint density at radius 3 is 2.71 bits per heavy atom. The minimum absolute atomic E-state index is 0.0550. The van der Waals surface area contributed by atoms with E-state index in [1.54, 1.807) is 0 Å². The molecule has 0 aliphatic heterocycles.